The first-order chi connectivity index (χ1) is 11.1. The molecule has 1 amide bonds. The molecule has 0 heterocycles. The average Bonchev–Trinajstić information content (AvgIpc) is 3.36. The Hall–Kier alpha value is -2.67. The van der Waals surface area contributed by atoms with E-state index in [0.29, 0.717) is 17.3 Å². The third-order valence-corrected chi connectivity index (χ3v) is 3.19. The van der Waals surface area contributed by atoms with Crippen molar-refractivity contribution in [3.8, 4) is 5.75 Å². The minimum atomic E-state index is -0.0457. The predicted molar refractivity (Wildman–Crippen MR) is 90.8 cm³/mol. The van der Waals surface area contributed by atoms with Gasteiger partial charge in [-0.3, -0.25) is 15.2 Å². The largest absolute Gasteiger partial charge is 0.440 e. The van der Waals surface area contributed by atoms with Gasteiger partial charge in [0.05, 0.1) is 6.67 Å². The minimum Gasteiger partial charge on any atom is -0.440 e. The minimum absolute atomic E-state index is 0.0359. The van der Waals surface area contributed by atoms with E-state index in [1.54, 1.807) is 37.4 Å². The van der Waals surface area contributed by atoms with Crippen molar-refractivity contribution in [1.82, 2.24) is 5.32 Å². The van der Waals surface area contributed by atoms with Gasteiger partial charge in [-0.1, -0.05) is 6.07 Å². The number of nitrogens with zero attached hydrogens (tertiary/aromatic N) is 1. The maximum Gasteiger partial charge on any atom is 0.227 e. The summed E-state index contributed by atoms with van der Waals surface area (Å²) in [6.07, 6.45) is 4.99. The van der Waals surface area contributed by atoms with Crippen LogP contribution in [-0.4, -0.2) is 31.4 Å². The summed E-state index contributed by atoms with van der Waals surface area (Å²) in [4.78, 5) is 15.7. The van der Waals surface area contributed by atoms with Crippen molar-refractivity contribution in [2.75, 3.05) is 19.0 Å². The Morgan fingerprint density at radius 1 is 1.48 bits per heavy atom. The Bertz CT molecular complexity index is 635. The van der Waals surface area contributed by atoms with Gasteiger partial charge in [0.2, 0.25) is 11.8 Å². The predicted octanol–water partition coefficient (Wildman–Crippen LogP) is 1.48. The van der Waals surface area contributed by atoms with Gasteiger partial charge < -0.3 is 21.1 Å². The first kappa shape index (κ1) is 16.7. The van der Waals surface area contributed by atoms with Gasteiger partial charge in [-0.05, 0) is 31.1 Å². The van der Waals surface area contributed by atoms with Crippen molar-refractivity contribution < 1.29 is 9.53 Å². The van der Waals surface area contributed by atoms with Gasteiger partial charge in [-0.25, -0.2) is 0 Å². The third kappa shape index (κ3) is 5.55. The van der Waals surface area contributed by atoms with Crippen LogP contribution < -0.4 is 21.1 Å². The SMILES string of the molecule is CNC(/C=C\C(=N)Oc1cccc(NC(=O)C2CC2)c1)=N\CN. The topological polar surface area (TPSA) is 113 Å². The number of amides is 1. The number of benzene rings is 1. The number of amidine groups is 1. The van der Waals surface area contributed by atoms with E-state index in [-0.39, 0.29) is 24.4 Å². The van der Waals surface area contributed by atoms with Gasteiger partial charge in [-0.15, -0.1) is 0 Å². The number of ether oxygens (including phenoxy) is 1. The van der Waals surface area contributed by atoms with Crippen LogP contribution in [-0.2, 0) is 4.79 Å². The molecular formula is C16H21N5O2. The van der Waals surface area contributed by atoms with Gasteiger partial charge in [0.25, 0.3) is 0 Å². The molecule has 1 aliphatic rings. The lowest BCUT2D eigenvalue weighted by molar-refractivity contribution is -0.117. The Balaban J connectivity index is 1.93. The highest BCUT2D eigenvalue weighted by Crippen LogP contribution is 2.30. The number of hydrogen-bond acceptors (Lipinski definition) is 5. The van der Waals surface area contributed by atoms with Crippen molar-refractivity contribution in [2.24, 2.45) is 16.6 Å². The molecular weight excluding hydrogens is 294 g/mol. The molecule has 7 nitrogen and oxygen atoms in total. The summed E-state index contributed by atoms with van der Waals surface area (Å²) in [5, 5.41) is 13.5. The maximum atomic E-state index is 11.7. The Morgan fingerprint density at radius 3 is 2.91 bits per heavy atom. The van der Waals surface area contributed by atoms with Crippen LogP contribution in [0, 0.1) is 11.3 Å². The van der Waals surface area contributed by atoms with E-state index < -0.39 is 0 Å². The van der Waals surface area contributed by atoms with E-state index in [4.69, 9.17) is 15.9 Å². The van der Waals surface area contributed by atoms with Crippen LogP contribution in [0.25, 0.3) is 0 Å². The van der Waals surface area contributed by atoms with Crippen LogP contribution in [0.2, 0.25) is 0 Å². The van der Waals surface area contributed by atoms with Crippen LogP contribution >= 0.6 is 0 Å². The van der Waals surface area contributed by atoms with Crippen molar-refractivity contribution in [2.45, 2.75) is 12.8 Å². The summed E-state index contributed by atoms with van der Waals surface area (Å²) in [5.41, 5.74) is 6.00. The van der Waals surface area contributed by atoms with E-state index in [0.717, 1.165) is 12.8 Å². The second-order valence-electron chi connectivity index (χ2n) is 5.07. The zero-order chi connectivity index (χ0) is 16.7. The molecule has 0 atom stereocenters. The molecule has 0 aromatic heterocycles. The van der Waals surface area contributed by atoms with Crippen molar-refractivity contribution in [1.29, 1.82) is 5.41 Å². The molecule has 0 unspecified atom stereocenters. The van der Waals surface area contributed by atoms with Crippen LogP contribution in [0.1, 0.15) is 12.8 Å². The van der Waals surface area contributed by atoms with Gasteiger partial charge >= 0.3 is 0 Å². The second-order valence-corrected chi connectivity index (χ2v) is 5.07. The van der Waals surface area contributed by atoms with Crippen LogP contribution in [0.5, 0.6) is 5.75 Å². The van der Waals surface area contributed by atoms with Gasteiger partial charge in [0, 0.05) is 30.8 Å². The van der Waals surface area contributed by atoms with Crippen molar-refractivity contribution >= 4 is 23.3 Å². The fourth-order valence-corrected chi connectivity index (χ4v) is 1.86. The number of nitrogens with two attached hydrogens (primary N) is 1. The number of nitrogens with one attached hydrogen (secondary N) is 3. The summed E-state index contributed by atoms with van der Waals surface area (Å²) in [7, 11) is 1.72. The monoisotopic (exact) mass is 315 g/mol. The molecule has 1 aromatic rings. The van der Waals surface area contributed by atoms with Crippen molar-refractivity contribution in [3.05, 3.63) is 36.4 Å². The Morgan fingerprint density at radius 2 is 2.26 bits per heavy atom. The lowest BCUT2D eigenvalue weighted by atomic mass is 10.3. The third-order valence-electron chi connectivity index (χ3n) is 3.19. The molecule has 0 spiro atoms. The highest BCUT2D eigenvalue weighted by Gasteiger charge is 2.29. The molecule has 23 heavy (non-hydrogen) atoms. The summed E-state index contributed by atoms with van der Waals surface area (Å²) in [5.74, 6) is 1.17. The van der Waals surface area contributed by atoms with Gasteiger partial charge in [0.1, 0.15) is 11.6 Å². The number of carbonyl (C=O) groups excluding carboxylic acids is 1. The highest BCUT2D eigenvalue weighted by atomic mass is 16.5. The quantitative estimate of drug-likeness (QED) is 0.470. The van der Waals surface area contributed by atoms with E-state index in [1.165, 1.54) is 6.08 Å². The van der Waals surface area contributed by atoms with E-state index in [9.17, 15) is 4.79 Å². The molecule has 122 valence electrons. The smallest absolute Gasteiger partial charge is 0.227 e. The molecule has 5 N–H and O–H groups in total. The summed E-state index contributed by atoms with van der Waals surface area (Å²) in [6, 6.07) is 6.97. The molecule has 0 radical (unpaired) electrons. The average molecular weight is 315 g/mol. The summed E-state index contributed by atoms with van der Waals surface area (Å²) in [6.45, 7) is 0.164. The maximum absolute atomic E-state index is 11.7. The Labute approximate surface area is 135 Å². The summed E-state index contributed by atoms with van der Waals surface area (Å²) >= 11 is 0. The lowest BCUT2D eigenvalue weighted by Gasteiger charge is -2.08. The zero-order valence-corrected chi connectivity index (χ0v) is 13.0. The molecule has 1 saturated carbocycles. The van der Waals surface area contributed by atoms with Gasteiger partial charge in [0.15, 0.2) is 0 Å². The van der Waals surface area contributed by atoms with Gasteiger partial charge in [-0.2, -0.15) is 0 Å². The van der Waals surface area contributed by atoms with E-state index in [1.807, 2.05) is 0 Å². The molecule has 0 bridgehead atoms. The molecule has 0 saturated heterocycles. The molecule has 1 aliphatic carbocycles. The fourth-order valence-electron chi connectivity index (χ4n) is 1.86. The highest BCUT2D eigenvalue weighted by molar-refractivity contribution is 5.99. The number of hydrogen-bond donors (Lipinski definition) is 4. The van der Waals surface area contributed by atoms with Crippen LogP contribution in [0.3, 0.4) is 0 Å². The Kier molecular flexibility index (Phi) is 5.87. The van der Waals surface area contributed by atoms with Crippen LogP contribution in [0.4, 0.5) is 5.69 Å². The lowest BCUT2D eigenvalue weighted by Crippen LogP contribution is -2.18. The van der Waals surface area contributed by atoms with Crippen molar-refractivity contribution in [3.63, 3.8) is 0 Å². The number of carbonyl (C=O) groups is 1. The number of anilines is 1. The van der Waals surface area contributed by atoms with Crippen LogP contribution in [0.15, 0.2) is 41.4 Å². The zero-order valence-electron chi connectivity index (χ0n) is 13.0. The fraction of sp³-hybridized carbons (Fsp3) is 0.312. The first-order valence-corrected chi connectivity index (χ1v) is 7.40. The molecule has 0 aliphatic heterocycles. The molecule has 7 heteroatoms. The standard InChI is InChI=1S/C16H21N5O2/c1-19-15(20-10-17)8-7-14(18)23-13-4-2-3-12(9-13)21-16(22)11-5-6-11/h2-4,7-9,11,18H,5-6,10,17H2,1H3,(H,19,20)(H,21,22)/b8-7-,18-14?. The number of likely N-dealkylation sites (N-methyl/N-ethyl adjacent to an activating group) is 1. The van der Waals surface area contributed by atoms with E-state index >= 15 is 0 Å². The van der Waals surface area contributed by atoms with E-state index in [2.05, 4.69) is 15.6 Å². The molecule has 2 rings (SSSR count). The number of rotatable bonds is 6. The molecule has 1 fully saturated rings. The summed E-state index contributed by atoms with van der Waals surface area (Å²) < 4.78 is 5.42. The normalized spacial score (nSPS) is 14.6. The second kappa shape index (κ2) is 8.09. The molecule has 1 aromatic carbocycles. The number of aliphatic imine (C=N–C) groups is 1. The first-order valence-electron chi connectivity index (χ1n) is 7.40.